The SMILES string of the molecule is CC(C)N(c1ccc(-c2ccccc2)c(C#N)c1)C(C)C. The van der Waals surface area contributed by atoms with Crippen LogP contribution in [-0.2, 0) is 0 Å². The van der Waals surface area contributed by atoms with Crippen LogP contribution in [0.3, 0.4) is 0 Å². The van der Waals surface area contributed by atoms with Gasteiger partial charge in [-0.05, 0) is 51.0 Å². The summed E-state index contributed by atoms with van der Waals surface area (Å²) in [6, 6.07) is 19.4. The van der Waals surface area contributed by atoms with E-state index in [1.54, 1.807) is 0 Å². The number of nitriles is 1. The Morgan fingerprint density at radius 2 is 1.52 bits per heavy atom. The molecule has 0 N–H and O–H groups in total. The van der Waals surface area contributed by atoms with Crippen molar-refractivity contribution in [2.24, 2.45) is 0 Å². The molecule has 0 amide bonds. The number of hydrogen-bond acceptors (Lipinski definition) is 2. The summed E-state index contributed by atoms with van der Waals surface area (Å²) in [5, 5.41) is 9.49. The van der Waals surface area contributed by atoms with Gasteiger partial charge in [0.1, 0.15) is 0 Å². The normalized spacial score (nSPS) is 10.7. The van der Waals surface area contributed by atoms with Crippen molar-refractivity contribution >= 4 is 5.69 Å². The lowest BCUT2D eigenvalue weighted by molar-refractivity contribution is 0.608. The van der Waals surface area contributed by atoms with Crippen LogP contribution in [-0.4, -0.2) is 12.1 Å². The van der Waals surface area contributed by atoms with Gasteiger partial charge >= 0.3 is 0 Å². The highest BCUT2D eigenvalue weighted by Crippen LogP contribution is 2.29. The first-order chi connectivity index (χ1) is 10.0. The van der Waals surface area contributed by atoms with Crippen LogP contribution in [0.1, 0.15) is 33.3 Å². The Labute approximate surface area is 127 Å². The second-order valence-electron chi connectivity index (χ2n) is 5.80. The monoisotopic (exact) mass is 278 g/mol. The van der Waals surface area contributed by atoms with Crippen molar-refractivity contribution < 1.29 is 0 Å². The average molecular weight is 278 g/mol. The zero-order chi connectivity index (χ0) is 15.4. The highest BCUT2D eigenvalue weighted by Gasteiger charge is 2.16. The molecule has 2 aromatic carbocycles. The van der Waals surface area contributed by atoms with Crippen LogP contribution in [0.5, 0.6) is 0 Å². The molecule has 0 fully saturated rings. The molecule has 0 saturated carbocycles. The molecule has 0 unspecified atom stereocenters. The lowest BCUT2D eigenvalue weighted by Gasteiger charge is -2.33. The van der Waals surface area contributed by atoms with E-state index in [2.05, 4.69) is 50.8 Å². The van der Waals surface area contributed by atoms with Gasteiger partial charge in [-0.1, -0.05) is 36.4 Å². The second kappa shape index (κ2) is 6.45. The summed E-state index contributed by atoms with van der Waals surface area (Å²) in [4.78, 5) is 2.33. The maximum absolute atomic E-state index is 9.49. The summed E-state index contributed by atoms with van der Waals surface area (Å²) in [6.45, 7) is 8.71. The largest absolute Gasteiger partial charge is 0.367 e. The third-order valence-corrected chi connectivity index (χ3v) is 3.62. The maximum atomic E-state index is 9.49. The van der Waals surface area contributed by atoms with Crippen LogP contribution >= 0.6 is 0 Å². The summed E-state index contributed by atoms with van der Waals surface area (Å²) >= 11 is 0. The zero-order valence-corrected chi connectivity index (χ0v) is 13.2. The lowest BCUT2D eigenvalue weighted by atomic mass is 9.99. The fraction of sp³-hybridized carbons (Fsp3) is 0.316. The van der Waals surface area contributed by atoms with Gasteiger partial charge in [0.25, 0.3) is 0 Å². The molecule has 0 aliphatic carbocycles. The van der Waals surface area contributed by atoms with Crippen molar-refractivity contribution in [2.75, 3.05) is 4.90 Å². The van der Waals surface area contributed by atoms with E-state index >= 15 is 0 Å². The Kier molecular flexibility index (Phi) is 4.65. The predicted molar refractivity (Wildman–Crippen MR) is 89.3 cm³/mol. The highest BCUT2D eigenvalue weighted by atomic mass is 15.2. The second-order valence-corrected chi connectivity index (χ2v) is 5.80. The Morgan fingerprint density at radius 3 is 2.05 bits per heavy atom. The van der Waals surface area contributed by atoms with Crippen LogP contribution in [0.15, 0.2) is 48.5 Å². The maximum Gasteiger partial charge on any atom is 0.0998 e. The van der Waals surface area contributed by atoms with Crippen LogP contribution in [0.2, 0.25) is 0 Å². The molecule has 108 valence electrons. The van der Waals surface area contributed by atoms with Crippen molar-refractivity contribution in [1.29, 1.82) is 5.26 Å². The lowest BCUT2D eigenvalue weighted by Crippen LogP contribution is -2.37. The molecule has 0 atom stereocenters. The van der Waals surface area contributed by atoms with E-state index in [9.17, 15) is 5.26 Å². The molecule has 21 heavy (non-hydrogen) atoms. The summed E-state index contributed by atoms with van der Waals surface area (Å²) in [5.41, 5.74) is 3.91. The Hall–Kier alpha value is -2.27. The van der Waals surface area contributed by atoms with Crippen molar-refractivity contribution in [2.45, 2.75) is 39.8 Å². The van der Waals surface area contributed by atoms with Crippen LogP contribution in [0.4, 0.5) is 5.69 Å². The zero-order valence-electron chi connectivity index (χ0n) is 13.2. The molecule has 0 radical (unpaired) electrons. The molecule has 0 heterocycles. The quantitative estimate of drug-likeness (QED) is 0.799. The first kappa shape index (κ1) is 15.1. The molecule has 2 heteroatoms. The van der Waals surface area contributed by atoms with Crippen LogP contribution < -0.4 is 4.90 Å². The fourth-order valence-electron chi connectivity index (χ4n) is 2.85. The van der Waals surface area contributed by atoms with E-state index < -0.39 is 0 Å². The third-order valence-electron chi connectivity index (χ3n) is 3.62. The third kappa shape index (κ3) is 3.25. The summed E-state index contributed by atoms with van der Waals surface area (Å²) in [6.07, 6.45) is 0. The first-order valence-electron chi connectivity index (χ1n) is 7.42. The number of rotatable bonds is 4. The first-order valence-corrected chi connectivity index (χ1v) is 7.42. The van der Waals surface area contributed by atoms with Gasteiger partial charge in [0, 0.05) is 17.8 Å². The molecular weight excluding hydrogens is 256 g/mol. The predicted octanol–water partition coefficient (Wildman–Crippen LogP) is 4.85. The van der Waals surface area contributed by atoms with Crippen molar-refractivity contribution in [3.8, 4) is 17.2 Å². The molecular formula is C19H22N2. The van der Waals surface area contributed by atoms with E-state index in [1.165, 1.54) is 0 Å². The van der Waals surface area contributed by atoms with Crippen LogP contribution in [0.25, 0.3) is 11.1 Å². The minimum Gasteiger partial charge on any atom is -0.367 e. The molecule has 0 aliphatic heterocycles. The van der Waals surface area contributed by atoms with Gasteiger partial charge in [0.05, 0.1) is 11.6 Å². The summed E-state index contributed by atoms with van der Waals surface area (Å²) in [5.74, 6) is 0. The topological polar surface area (TPSA) is 27.0 Å². The van der Waals surface area contributed by atoms with Crippen LogP contribution in [0, 0.1) is 11.3 Å². The number of nitrogens with zero attached hydrogens (tertiary/aromatic N) is 2. The molecule has 0 aromatic heterocycles. The van der Waals surface area contributed by atoms with Gasteiger partial charge in [-0.2, -0.15) is 5.26 Å². The Bertz CT molecular complexity index is 628. The number of anilines is 1. The van der Waals surface area contributed by atoms with Gasteiger partial charge in [0.2, 0.25) is 0 Å². The molecule has 0 bridgehead atoms. The molecule has 2 nitrogen and oxygen atoms in total. The minimum atomic E-state index is 0.402. The van der Waals surface area contributed by atoms with E-state index in [1.807, 2.05) is 36.4 Å². The van der Waals surface area contributed by atoms with E-state index in [-0.39, 0.29) is 0 Å². The fourth-order valence-corrected chi connectivity index (χ4v) is 2.85. The summed E-state index contributed by atoms with van der Waals surface area (Å²) < 4.78 is 0. The standard InChI is InChI=1S/C19H22N2/c1-14(2)21(15(3)4)18-10-11-19(17(12-18)13-20)16-8-6-5-7-9-16/h5-12,14-15H,1-4H3. The number of benzene rings is 2. The molecule has 0 aliphatic rings. The molecule has 2 aromatic rings. The average Bonchev–Trinajstić information content (AvgIpc) is 2.47. The van der Waals surface area contributed by atoms with Crippen molar-refractivity contribution in [3.63, 3.8) is 0 Å². The molecule has 0 spiro atoms. The summed E-state index contributed by atoms with van der Waals surface area (Å²) in [7, 11) is 0. The smallest absolute Gasteiger partial charge is 0.0998 e. The molecule has 0 saturated heterocycles. The van der Waals surface area contributed by atoms with Gasteiger partial charge in [0.15, 0.2) is 0 Å². The van der Waals surface area contributed by atoms with Gasteiger partial charge in [-0.25, -0.2) is 0 Å². The molecule has 2 rings (SSSR count). The van der Waals surface area contributed by atoms with Crippen molar-refractivity contribution in [3.05, 3.63) is 54.1 Å². The number of hydrogen-bond donors (Lipinski definition) is 0. The van der Waals surface area contributed by atoms with E-state index in [0.717, 1.165) is 22.4 Å². The Balaban J connectivity index is 2.49. The Morgan fingerprint density at radius 1 is 0.905 bits per heavy atom. The minimum absolute atomic E-state index is 0.402. The van der Waals surface area contributed by atoms with E-state index in [4.69, 9.17) is 0 Å². The van der Waals surface area contributed by atoms with Gasteiger partial charge in [-0.15, -0.1) is 0 Å². The van der Waals surface area contributed by atoms with Gasteiger partial charge < -0.3 is 4.90 Å². The highest BCUT2D eigenvalue weighted by molar-refractivity contribution is 5.73. The van der Waals surface area contributed by atoms with Gasteiger partial charge in [-0.3, -0.25) is 0 Å². The van der Waals surface area contributed by atoms with E-state index in [0.29, 0.717) is 12.1 Å². The van der Waals surface area contributed by atoms with Crippen molar-refractivity contribution in [1.82, 2.24) is 0 Å².